The Morgan fingerprint density at radius 3 is 2.54 bits per heavy atom. The summed E-state index contributed by atoms with van der Waals surface area (Å²) in [5.74, 6) is 0. The molecule has 6 heteroatoms. The van der Waals surface area contributed by atoms with Crippen LogP contribution in [-0.2, 0) is 14.9 Å². The third-order valence-electron chi connectivity index (χ3n) is 1.38. The number of ether oxygens (including phenoxy) is 1. The van der Waals surface area contributed by atoms with Crippen LogP contribution in [0.5, 0.6) is 0 Å². The summed E-state index contributed by atoms with van der Waals surface area (Å²) in [7, 11) is -4.20. The molecule has 0 spiro atoms. The van der Waals surface area contributed by atoms with Gasteiger partial charge in [-0.1, -0.05) is 12.2 Å². The van der Waals surface area contributed by atoms with Gasteiger partial charge in [-0.05, 0) is 6.92 Å². The number of hydrogen-bond acceptors (Lipinski definition) is 4. The molecule has 0 saturated heterocycles. The first kappa shape index (κ1) is 12.6. The van der Waals surface area contributed by atoms with Crippen molar-refractivity contribution in [1.82, 2.24) is 0 Å². The zero-order valence-corrected chi connectivity index (χ0v) is 8.20. The van der Waals surface area contributed by atoms with Crippen LogP contribution in [0.25, 0.3) is 0 Å². The highest BCUT2D eigenvalue weighted by Crippen LogP contribution is 1.98. The smallest absolute Gasteiger partial charge is 0.272 e. The molecule has 0 amide bonds. The maximum Gasteiger partial charge on any atom is 0.272 e. The Morgan fingerprint density at radius 1 is 1.54 bits per heavy atom. The molecule has 0 aromatic carbocycles. The van der Waals surface area contributed by atoms with Crippen molar-refractivity contribution in [3.8, 4) is 0 Å². The highest BCUT2D eigenvalue weighted by atomic mass is 32.2. The van der Waals surface area contributed by atoms with Crippen LogP contribution >= 0.6 is 0 Å². The van der Waals surface area contributed by atoms with E-state index < -0.39 is 22.0 Å². The average Bonchev–Trinajstić information content (AvgIpc) is 2.02. The predicted octanol–water partition coefficient (Wildman–Crippen LogP) is -0.172. The maximum absolute atomic E-state index is 10.5. The van der Waals surface area contributed by atoms with E-state index in [2.05, 4.69) is 0 Å². The summed E-state index contributed by atoms with van der Waals surface area (Å²) in [6.07, 6.45) is 3.44. The fourth-order valence-corrected chi connectivity index (χ4v) is 1.05. The SMILES string of the molecule is CC=CCOCC(CO)S(=O)(=O)O. The van der Waals surface area contributed by atoms with E-state index in [0.717, 1.165) is 0 Å². The van der Waals surface area contributed by atoms with Gasteiger partial charge < -0.3 is 9.84 Å². The minimum Gasteiger partial charge on any atom is -0.395 e. The van der Waals surface area contributed by atoms with Gasteiger partial charge in [0.05, 0.1) is 19.8 Å². The van der Waals surface area contributed by atoms with Gasteiger partial charge in [-0.2, -0.15) is 8.42 Å². The van der Waals surface area contributed by atoms with E-state index in [9.17, 15) is 8.42 Å². The first-order valence-corrected chi connectivity index (χ1v) is 5.28. The minimum absolute atomic E-state index is 0.209. The number of aliphatic hydroxyl groups excluding tert-OH is 1. The lowest BCUT2D eigenvalue weighted by Gasteiger charge is -2.09. The van der Waals surface area contributed by atoms with Crippen LogP contribution in [-0.4, -0.2) is 43.1 Å². The topological polar surface area (TPSA) is 83.8 Å². The van der Waals surface area contributed by atoms with Crippen LogP contribution < -0.4 is 0 Å². The van der Waals surface area contributed by atoms with E-state index in [-0.39, 0.29) is 13.2 Å². The second-order valence-electron chi connectivity index (χ2n) is 2.43. The second kappa shape index (κ2) is 6.09. The molecule has 0 bridgehead atoms. The van der Waals surface area contributed by atoms with Crippen LogP contribution in [0.3, 0.4) is 0 Å². The summed E-state index contributed by atoms with van der Waals surface area (Å²) < 4.78 is 34.5. The maximum atomic E-state index is 10.5. The zero-order valence-electron chi connectivity index (χ0n) is 7.38. The highest BCUT2D eigenvalue weighted by Gasteiger charge is 2.21. The molecule has 1 unspecified atom stereocenters. The van der Waals surface area contributed by atoms with Crippen LogP contribution in [0, 0.1) is 0 Å². The molecule has 0 aliphatic heterocycles. The summed E-state index contributed by atoms with van der Waals surface area (Å²) in [4.78, 5) is 0. The van der Waals surface area contributed by atoms with Crippen molar-refractivity contribution in [2.24, 2.45) is 0 Å². The molecule has 13 heavy (non-hydrogen) atoms. The first-order chi connectivity index (χ1) is 6.02. The van der Waals surface area contributed by atoms with Crippen molar-refractivity contribution in [1.29, 1.82) is 0 Å². The minimum atomic E-state index is -4.20. The van der Waals surface area contributed by atoms with Crippen LogP contribution in [0.2, 0.25) is 0 Å². The average molecular weight is 210 g/mol. The lowest BCUT2D eigenvalue weighted by atomic mass is 10.5. The Kier molecular flexibility index (Phi) is 5.89. The van der Waals surface area contributed by atoms with Gasteiger partial charge in [0.25, 0.3) is 10.1 Å². The molecule has 0 saturated carbocycles. The molecule has 0 aliphatic carbocycles. The lowest BCUT2D eigenvalue weighted by molar-refractivity contribution is 0.138. The molecule has 5 nitrogen and oxygen atoms in total. The van der Waals surface area contributed by atoms with Crippen molar-refractivity contribution in [2.75, 3.05) is 19.8 Å². The predicted molar refractivity (Wildman–Crippen MR) is 48.1 cm³/mol. The normalized spacial score (nSPS) is 15.0. The van der Waals surface area contributed by atoms with E-state index >= 15 is 0 Å². The third kappa shape index (κ3) is 5.75. The van der Waals surface area contributed by atoms with Crippen LogP contribution in [0.1, 0.15) is 6.92 Å². The fourth-order valence-electron chi connectivity index (χ4n) is 0.597. The molecule has 0 fully saturated rings. The van der Waals surface area contributed by atoms with Crippen molar-refractivity contribution >= 4 is 10.1 Å². The molecular formula is C7H14O5S. The van der Waals surface area contributed by atoms with E-state index in [1.54, 1.807) is 19.1 Å². The van der Waals surface area contributed by atoms with Gasteiger partial charge >= 0.3 is 0 Å². The quantitative estimate of drug-likeness (QED) is 0.361. The Labute approximate surface area is 77.8 Å². The van der Waals surface area contributed by atoms with Crippen LogP contribution in [0.4, 0.5) is 0 Å². The number of aliphatic hydroxyl groups is 1. The van der Waals surface area contributed by atoms with Gasteiger partial charge in [0.1, 0.15) is 5.25 Å². The van der Waals surface area contributed by atoms with Gasteiger partial charge in [0.2, 0.25) is 0 Å². The molecule has 1 atom stereocenters. The third-order valence-corrected chi connectivity index (χ3v) is 2.51. The van der Waals surface area contributed by atoms with Crippen molar-refractivity contribution in [3.05, 3.63) is 12.2 Å². The first-order valence-electron chi connectivity index (χ1n) is 3.78. The summed E-state index contributed by atoms with van der Waals surface area (Å²) in [5, 5.41) is 7.33. The number of hydrogen-bond donors (Lipinski definition) is 2. The summed E-state index contributed by atoms with van der Waals surface area (Å²) >= 11 is 0. The van der Waals surface area contributed by atoms with Gasteiger partial charge in [-0.15, -0.1) is 0 Å². The van der Waals surface area contributed by atoms with E-state index in [0.29, 0.717) is 0 Å². The van der Waals surface area contributed by atoms with Crippen molar-refractivity contribution in [2.45, 2.75) is 12.2 Å². The van der Waals surface area contributed by atoms with Gasteiger partial charge in [-0.25, -0.2) is 0 Å². The Hall–Kier alpha value is -0.430. The largest absolute Gasteiger partial charge is 0.395 e. The Morgan fingerprint density at radius 2 is 2.15 bits per heavy atom. The standard InChI is InChI=1S/C7H14O5S/c1-2-3-4-12-6-7(5-8)13(9,10)11/h2-3,7-8H,4-6H2,1H3,(H,9,10,11). The summed E-state index contributed by atoms with van der Waals surface area (Å²) in [6.45, 7) is 1.21. The monoisotopic (exact) mass is 210 g/mol. The molecule has 0 aromatic heterocycles. The molecule has 0 radical (unpaired) electrons. The van der Waals surface area contributed by atoms with E-state index in [4.69, 9.17) is 14.4 Å². The van der Waals surface area contributed by atoms with Crippen LogP contribution in [0.15, 0.2) is 12.2 Å². The summed E-state index contributed by atoms with van der Waals surface area (Å²) in [5.41, 5.74) is 0. The molecular weight excluding hydrogens is 196 g/mol. The van der Waals surface area contributed by atoms with Gasteiger partial charge in [-0.3, -0.25) is 4.55 Å². The van der Waals surface area contributed by atoms with Gasteiger partial charge in [0, 0.05) is 0 Å². The highest BCUT2D eigenvalue weighted by molar-refractivity contribution is 7.86. The van der Waals surface area contributed by atoms with Crippen molar-refractivity contribution in [3.63, 3.8) is 0 Å². The van der Waals surface area contributed by atoms with E-state index in [1.165, 1.54) is 0 Å². The number of allylic oxidation sites excluding steroid dienone is 1. The number of rotatable bonds is 6. The Bertz CT molecular complexity index is 244. The second-order valence-corrected chi connectivity index (χ2v) is 4.12. The van der Waals surface area contributed by atoms with Gasteiger partial charge in [0.15, 0.2) is 0 Å². The van der Waals surface area contributed by atoms with Crippen molar-refractivity contribution < 1.29 is 22.8 Å². The zero-order chi connectivity index (χ0) is 10.3. The Balaban J connectivity index is 3.87. The molecule has 78 valence electrons. The summed E-state index contributed by atoms with van der Waals surface area (Å²) in [6, 6.07) is 0. The molecule has 2 N–H and O–H groups in total. The fraction of sp³-hybridized carbons (Fsp3) is 0.714. The molecule has 0 aliphatic rings. The molecule has 0 aromatic rings. The molecule has 0 rings (SSSR count). The van der Waals surface area contributed by atoms with E-state index in [1.807, 2.05) is 0 Å². The lowest BCUT2D eigenvalue weighted by Crippen LogP contribution is -2.29. The molecule has 0 heterocycles.